The van der Waals surface area contributed by atoms with Crippen molar-refractivity contribution in [1.82, 2.24) is 19.8 Å². The molecule has 4 rings (SSSR count). The fraction of sp³-hybridized carbons (Fsp3) is 0.357. The molecule has 3 heterocycles. The van der Waals surface area contributed by atoms with Gasteiger partial charge in [-0.25, -0.2) is 0 Å². The summed E-state index contributed by atoms with van der Waals surface area (Å²) in [6.45, 7) is 1.57. The molecule has 0 bridgehead atoms. The summed E-state index contributed by atoms with van der Waals surface area (Å²) in [5.41, 5.74) is 7.60. The van der Waals surface area contributed by atoms with E-state index in [2.05, 4.69) is 15.3 Å². The number of hydrogen-bond donors (Lipinski definition) is 1. The molecule has 0 unspecified atom stereocenters. The molecule has 2 aromatic heterocycles. The van der Waals surface area contributed by atoms with Gasteiger partial charge in [0, 0.05) is 30.4 Å². The number of fused-ring (bicyclic) bond motifs is 1. The zero-order valence-electron chi connectivity index (χ0n) is 11.4. The standard InChI is InChI=1S/C14H15N5OS/c15-11-3-1-2-10(8-11)13-18-19-12(16-17-14(19)21-13)9-4-6-20-7-5-9/h1-3,8-9H,4-7,15H2. The van der Waals surface area contributed by atoms with Gasteiger partial charge in [-0.2, -0.15) is 9.61 Å². The van der Waals surface area contributed by atoms with Crippen LogP contribution in [-0.4, -0.2) is 33.0 Å². The first-order chi connectivity index (χ1) is 10.3. The molecule has 0 atom stereocenters. The summed E-state index contributed by atoms with van der Waals surface area (Å²) in [5, 5.41) is 14.2. The molecule has 3 aromatic rings. The topological polar surface area (TPSA) is 78.3 Å². The molecule has 0 spiro atoms. The van der Waals surface area contributed by atoms with Crippen molar-refractivity contribution in [1.29, 1.82) is 0 Å². The minimum absolute atomic E-state index is 0.379. The number of benzene rings is 1. The van der Waals surface area contributed by atoms with Crippen LogP contribution in [0.4, 0.5) is 5.69 Å². The summed E-state index contributed by atoms with van der Waals surface area (Å²) >= 11 is 1.54. The lowest BCUT2D eigenvalue weighted by Crippen LogP contribution is -2.16. The van der Waals surface area contributed by atoms with Crippen molar-refractivity contribution in [3.8, 4) is 10.6 Å². The van der Waals surface area contributed by atoms with Crippen LogP contribution in [0.1, 0.15) is 24.6 Å². The van der Waals surface area contributed by atoms with Crippen LogP contribution in [0.2, 0.25) is 0 Å². The molecular formula is C14H15N5OS. The number of nitrogens with two attached hydrogens (primary N) is 1. The average molecular weight is 301 g/mol. The number of rotatable bonds is 2. The number of ether oxygens (including phenoxy) is 1. The van der Waals surface area contributed by atoms with E-state index in [0.717, 1.165) is 53.1 Å². The highest BCUT2D eigenvalue weighted by Gasteiger charge is 2.23. The molecular weight excluding hydrogens is 286 g/mol. The summed E-state index contributed by atoms with van der Waals surface area (Å²) in [6, 6.07) is 7.75. The summed E-state index contributed by atoms with van der Waals surface area (Å²) in [4.78, 5) is 0.828. The summed E-state index contributed by atoms with van der Waals surface area (Å²) in [6.07, 6.45) is 1.96. The monoisotopic (exact) mass is 301 g/mol. The smallest absolute Gasteiger partial charge is 0.234 e. The minimum atomic E-state index is 0.379. The molecule has 1 aliphatic heterocycles. The summed E-state index contributed by atoms with van der Waals surface area (Å²) < 4.78 is 7.28. The molecule has 7 heteroatoms. The second kappa shape index (κ2) is 5.09. The Kier molecular flexibility index (Phi) is 3.08. The van der Waals surface area contributed by atoms with Gasteiger partial charge in [0.2, 0.25) is 4.96 Å². The molecule has 2 N–H and O–H groups in total. The third-order valence-corrected chi connectivity index (χ3v) is 4.68. The fourth-order valence-corrected chi connectivity index (χ4v) is 3.47. The largest absolute Gasteiger partial charge is 0.399 e. The van der Waals surface area contributed by atoms with Gasteiger partial charge in [-0.1, -0.05) is 23.5 Å². The Morgan fingerprint density at radius 1 is 1.24 bits per heavy atom. The molecule has 1 aromatic carbocycles. The van der Waals surface area contributed by atoms with Gasteiger partial charge in [0.05, 0.1) is 0 Å². The van der Waals surface area contributed by atoms with Crippen molar-refractivity contribution >= 4 is 22.0 Å². The number of nitrogen functional groups attached to an aromatic ring is 1. The number of anilines is 1. The predicted molar refractivity (Wildman–Crippen MR) is 81.3 cm³/mol. The first-order valence-corrected chi connectivity index (χ1v) is 7.79. The Morgan fingerprint density at radius 3 is 2.90 bits per heavy atom. The first kappa shape index (κ1) is 12.7. The SMILES string of the molecule is Nc1cccc(-c2nn3c(C4CCOCC4)nnc3s2)c1. The van der Waals surface area contributed by atoms with Gasteiger partial charge in [-0.15, -0.1) is 10.2 Å². The Hall–Kier alpha value is -1.99. The highest BCUT2D eigenvalue weighted by Crippen LogP contribution is 2.30. The molecule has 0 aliphatic carbocycles. The molecule has 0 amide bonds. The van der Waals surface area contributed by atoms with E-state index in [1.54, 1.807) is 0 Å². The van der Waals surface area contributed by atoms with Crippen LogP contribution in [0.15, 0.2) is 24.3 Å². The van der Waals surface area contributed by atoms with Crippen molar-refractivity contribution in [2.75, 3.05) is 18.9 Å². The van der Waals surface area contributed by atoms with E-state index in [9.17, 15) is 0 Å². The lowest BCUT2D eigenvalue weighted by molar-refractivity contribution is 0.0832. The van der Waals surface area contributed by atoms with E-state index >= 15 is 0 Å². The van der Waals surface area contributed by atoms with Gasteiger partial charge in [0.1, 0.15) is 5.01 Å². The van der Waals surface area contributed by atoms with Gasteiger partial charge in [0.25, 0.3) is 0 Å². The summed E-state index contributed by atoms with van der Waals surface area (Å²) in [7, 11) is 0. The third-order valence-electron chi connectivity index (χ3n) is 3.74. The van der Waals surface area contributed by atoms with Crippen molar-refractivity contribution in [3.63, 3.8) is 0 Å². The molecule has 1 aliphatic rings. The van der Waals surface area contributed by atoms with Crippen LogP contribution in [-0.2, 0) is 4.74 Å². The van der Waals surface area contributed by atoms with Crippen LogP contribution in [0, 0.1) is 0 Å². The highest BCUT2D eigenvalue weighted by atomic mass is 32.1. The lowest BCUT2D eigenvalue weighted by atomic mass is 10.00. The molecule has 1 fully saturated rings. The maximum atomic E-state index is 5.84. The molecule has 108 valence electrons. The van der Waals surface area contributed by atoms with Crippen LogP contribution in [0.5, 0.6) is 0 Å². The van der Waals surface area contributed by atoms with Crippen molar-refractivity contribution in [2.24, 2.45) is 0 Å². The Labute approximate surface area is 125 Å². The van der Waals surface area contributed by atoms with E-state index in [0.29, 0.717) is 5.92 Å². The van der Waals surface area contributed by atoms with Gasteiger partial charge < -0.3 is 10.5 Å². The molecule has 0 radical (unpaired) electrons. The number of nitrogens with zero attached hydrogens (tertiary/aromatic N) is 4. The van der Waals surface area contributed by atoms with E-state index in [1.807, 2.05) is 28.8 Å². The van der Waals surface area contributed by atoms with E-state index in [4.69, 9.17) is 10.5 Å². The van der Waals surface area contributed by atoms with E-state index in [-0.39, 0.29) is 0 Å². The predicted octanol–water partition coefficient (Wildman–Crippen LogP) is 2.33. The van der Waals surface area contributed by atoms with Crippen molar-refractivity contribution < 1.29 is 4.74 Å². The van der Waals surface area contributed by atoms with Crippen LogP contribution < -0.4 is 5.73 Å². The Morgan fingerprint density at radius 2 is 2.10 bits per heavy atom. The van der Waals surface area contributed by atoms with Crippen LogP contribution in [0.25, 0.3) is 15.5 Å². The molecule has 6 nitrogen and oxygen atoms in total. The quantitative estimate of drug-likeness (QED) is 0.735. The Bertz CT molecular complexity index is 775. The normalized spacial score (nSPS) is 16.6. The van der Waals surface area contributed by atoms with Crippen molar-refractivity contribution in [2.45, 2.75) is 18.8 Å². The lowest BCUT2D eigenvalue weighted by Gasteiger charge is -2.19. The molecule has 21 heavy (non-hydrogen) atoms. The van der Waals surface area contributed by atoms with Gasteiger partial charge in [-0.05, 0) is 25.0 Å². The Balaban J connectivity index is 1.75. The van der Waals surface area contributed by atoms with Gasteiger partial charge in [0.15, 0.2) is 5.82 Å². The molecule has 0 saturated carbocycles. The second-order valence-corrected chi connectivity index (χ2v) is 6.13. The number of hydrogen-bond acceptors (Lipinski definition) is 6. The van der Waals surface area contributed by atoms with E-state index < -0.39 is 0 Å². The van der Waals surface area contributed by atoms with Crippen molar-refractivity contribution in [3.05, 3.63) is 30.1 Å². The van der Waals surface area contributed by atoms with E-state index in [1.165, 1.54) is 11.3 Å². The zero-order chi connectivity index (χ0) is 14.2. The second-order valence-electron chi connectivity index (χ2n) is 5.17. The van der Waals surface area contributed by atoms with Gasteiger partial charge in [-0.3, -0.25) is 0 Å². The third kappa shape index (κ3) is 2.28. The summed E-state index contributed by atoms with van der Waals surface area (Å²) in [5.74, 6) is 1.32. The number of aromatic nitrogens is 4. The van der Waals surface area contributed by atoms with Crippen LogP contribution in [0.3, 0.4) is 0 Å². The molecule has 1 saturated heterocycles. The zero-order valence-corrected chi connectivity index (χ0v) is 12.2. The van der Waals surface area contributed by atoms with Gasteiger partial charge >= 0.3 is 0 Å². The minimum Gasteiger partial charge on any atom is -0.399 e. The maximum Gasteiger partial charge on any atom is 0.234 e. The van der Waals surface area contributed by atoms with Crippen LogP contribution >= 0.6 is 11.3 Å². The fourth-order valence-electron chi connectivity index (χ4n) is 2.63. The first-order valence-electron chi connectivity index (χ1n) is 6.97. The highest BCUT2D eigenvalue weighted by molar-refractivity contribution is 7.19. The maximum absolute atomic E-state index is 5.84. The average Bonchev–Trinajstić information content (AvgIpc) is 3.08.